The summed E-state index contributed by atoms with van der Waals surface area (Å²) in [5.41, 5.74) is 5.86. The van der Waals surface area contributed by atoms with Crippen LogP contribution in [0.2, 0.25) is 0 Å². The molecule has 1 aliphatic rings. The van der Waals surface area contributed by atoms with E-state index >= 15 is 0 Å². The maximum absolute atomic E-state index is 11.9. The predicted octanol–water partition coefficient (Wildman–Crippen LogP) is 0.632. The van der Waals surface area contributed by atoms with Gasteiger partial charge in [-0.3, -0.25) is 4.79 Å². The van der Waals surface area contributed by atoms with Crippen molar-refractivity contribution < 1.29 is 9.53 Å². The normalized spacial score (nSPS) is 23.7. The smallest absolute Gasteiger partial charge is 0.244 e. The molecule has 1 fully saturated rings. The molecule has 0 saturated heterocycles. The van der Waals surface area contributed by atoms with Gasteiger partial charge in [0.05, 0.1) is 6.10 Å². The Kier molecular flexibility index (Phi) is 6.13. The Morgan fingerprint density at radius 2 is 2.24 bits per heavy atom. The SMILES string of the molecule is CC(C(=O)NCCCOC1CCC(N)CC1)n1cncn1. The van der Waals surface area contributed by atoms with Gasteiger partial charge >= 0.3 is 0 Å². The number of carbonyl (C=O) groups excluding carboxylic acids is 1. The Hall–Kier alpha value is -1.47. The third-order valence-electron chi connectivity index (χ3n) is 3.91. The summed E-state index contributed by atoms with van der Waals surface area (Å²) < 4.78 is 7.35. The summed E-state index contributed by atoms with van der Waals surface area (Å²) in [6.45, 7) is 3.09. The fourth-order valence-corrected chi connectivity index (χ4v) is 2.47. The number of nitrogens with one attached hydrogen (secondary N) is 1. The van der Waals surface area contributed by atoms with E-state index in [0.717, 1.165) is 32.1 Å². The number of hydrogen-bond acceptors (Lipinski definition) is 5. The average Bonchev–Trinajstić information content (AvgIpc) is 3.02. The summed E-state index contributed by atoms with van der Waals surface area (Å²) in [5.74, 6) is -0.0517. The Bertz CT molecular complexity index is 415. The summed E-state index contributed by atoms with van der Waals surface area (Å²) in [6, 6.07) is 0.00987. The molecule has 0 radical (unpaired) electrons. The number of rotatable bonds is 7. The second kappa shape index (κ2) is 8.09. The van der Waals surface area contributed by atoms with Crippen LogP contribution in [0.25, 0.3) is 0 Å². The molecule has 7 nitrogen and oxygen atoms in total. The van der Waals surface area contributed by atoms with Gasteiger partial charge in [0.2, 0.25) is 5.91 Å². The number of hydrogen-bond donors (Lipinski definition) is 2. The Labute approximate surface area is 125 Å². The highest BCUT2D eigenvalue weighted by molar-refractivity contribution is 5.79. The van der Waals surface area contributed by atoms with Gasteiger partial charge in [0.25, 0.3) is 0 Å². The number of amides is 1. The van der Waals surface area contributed by atoms with E-state index in [1.54, 1.807) is 13.3 Å². The summed E-state index contributed by atoms with van der Waals surface area (Å²) in [6.07, 6.45) is 8.34. The first-order valence-electron chi connectivity index (χ1n) is 7.66. The van der Waals surface area contributed by atoms with Crippen LogP contribution in [-0.4, -0.2) is 46.0 Å². The first-order valence-corrected chi connectivity index (χ1v) is 7.66. The first kappa shape index (κ1) is 15.9. The number of aromatic nitrogens is 3. The van der Waals surface area contributed by atoms with Crippen molar-refractivity contribution in [3.05, 3.63) is 12.7 Å². The van der Waals surface area contributed by atoms with E-state index in [0.29, 0.717) is 25.3 Å². The summed E-state index contributed by atoms with van der Waals surface area (Å²) >= 11 is 0. The van der Waals surface area contributed by atoms with Gasteiger partial charge in [-0.25, -0.2) is 9.67 Å². The van der Waals surface area contributed by atoms with E-state index in [-0.39, 0.29) is 11.9 Å². The van der Waals surface area contributed by atoms with Crippen LogP contribution in [0, 0.1) is 0 Å². The molecule has 1 saturated carbocycles. The van der Waals surface area contributed by atoms with E-state index < -0.39 is 0 Å². The number of ether oxygens (including phenoxy) is 1. The van der Waals surface area contributed by atoms with Gasteiger partial charge in [-0.05, 0) is 39.0 Å². The monoisotopic (exact) mass is 295 g/mol. The van der Waals surface area contributed by atoms with Gasteiger partial charge in [-0.2, -0.15) is 5.10 Å². The lowest BCUT2D eigenvalue weighted by Crippen LogP contribution is -2.33. The highest BCUT2D eigenvalue weighted by atomic mass is 16.5. The maximum atomic E-state index is 11.9. The van der Waals surface area contributed by atoms with Crippen LogP contribution in [0.3, 0.4) is 0 Å². The topological polar surface area (TPSA) is 95.1 Å². The van der Waals surface area contributed by atoms with Gasteiger partial charge in [0.15, 0.2) is 0 Å². The van der Waals surface area contributed by atoms with E-state index in [9.17, 15) is 4.79 Å². The minimum Gasteiger partial charge on any atom is -0.378 e. The van der Waals surface area contributed by atoms with Crippen LogP contribution in [0.5, 0.6) is 0 Å². The van der Waals surface area contributed by atoms with Gasteiger partial charge in [-0.1, -0.05) is 0 Å². The third-order valence-corrected chi connectivity index (χ3v) is 3.91. The van der Waals surface area contributed by atoms with Crippen LogP contribution in [-0.2, 0) is 9.53 Å². The average molecular weight is 295 g/mol. The van der Waals surface area contributed by atoms with E-state index in [2.05, 4.69) is 15.4 Å². The van der Waals surface area contributed by atoms with Crippen LogP contribution in [0.15, 0.2) is 12.7 Å². The van der Waals surface area contributed by atoms with Crippen LogP contribution < -0.4 is 11.1 Å². The summed E-state index contributed by atoms with van der Waals surface area (Å²) in [5, 5.41) is 6.85. The first-order chi connectivity index (χ1) is 10.2. The lowest BCUT2D eigenvalue weighted by atomic mass is 9.94. The second-order valence-corrected chi connectivity index (χ2v) is 5.60. The maximum Gasteiger partial charge on any atom is 0.244 e. The predicted molar refractivity (Wildman–Crippen MR) is 78.5 cm³/mol. The number of nitrogens with zero attached hydrogens (tertiary/aromatic N) is 3. The molecular weight excluding hydrogens is 270 g/mol. The molecule has 0 spiro atoms. The Balaban J connectivity index is 1.54. The zero-order valence-corrected chi connectivity index (χ0v) is 12.6. The van der Waals surface area contributed by atoms with E-state index in [1.165, 1.54) is 11.0 Å². The summed E-state index contributed by atoms with van der Waals surface area (Å²) in [4.78, 5) is 15.7. The molecule has 0 aromatic carbocycles. The molecule has 1 aromatic rings. The zero-order chi connectivity index (χ0) is 15.1. The van der Waals surface area contributed by atoms with Crippen molar-refractivity contribution in [1.29, 1.82) is 0 Å². The van der Waals surface area contributed by atoms with Crippen molar-refractivity contribution in [3.8, 4) is 0 Å². The van der Waals surface area contributed by atoms with Gasteiger partial charge in [0.1, 0.15) is 18.7 Å². The van der Waals surface area contributed by atoms with Crippen LogP contribution in [0.4, 0.5) is 0 Å². The van der Waals surface area contributed by atoms with Gasteiger partial charge < -0.3 is 15.8 Å². The van der Waals surface area contributed by atoms with Crippen molar-refractivity contribution in [2.24, 2.45) is 5.73 Å². The molecule has 1 unspecified atom stereocenters. The molecule has 0 aliphatic heterocycles. The quantitative estimate of drug-likeness (QED) is 0.719. The molecule has 7 heteroatoms. The van der Waals surface area contributed by atoms with Crippen LogP contribution >= 0.6 is 0 Å². The van der Waals surface area contributed by atoms with Crippen molar-refractivity contribution in [3.63, 3.8) is 0 Å². The zero-order valence-electron chi connectivity index (χ0n) is 12.6. The van der Waals surface area contributed by atoms with Crippen molar-refractivity contribution in [2.75, 3.05) is 13.2 Å². The molecule has 1 aliphatic carbocycles. The Morgan fingerprint density at radius 1 is 1.48 bits per heavy atom. The molecule has 0 bridgehead atoms. The molecule has 3 N–H and O–H groups in total. The molecule has 118 valence electrons. The fourth-order valence-electron chi connectivity index (χ4n) is 2.47. The van der Waals surface area contributed by atoms with E-state index in [4.69, 9.17) is 10.5 Å². The minimum atomic E-state index is -0.340. The number of carbonyl (C=O) groups is 1. The third kappa shape index (κ3) is 5.09. The highest BCUT2D eigenvalue weighted by Crippen LogP contribution is 2.19. The molecule has 1 atom stereocenters. The molecule has 2 rings (SSSR count). The minimum absolute atomic E-state index is 0.0517. The van der Waals surface area contributed by atoms with Crippen molar-refractivity contribution in [2.45, 2.75) is 57.2 Å². The molecule has 1 amide bonds. The number of nitrogens with two attached hydrogens (primary N) is 1. The lowest BCUT2D eigenvalue weighted by molar-refractivity contribution is -0.124. The van der Waals surface area contributed by atoms with Crippen molar-refractivity contribution in [1.82, 2.24) is 20.1 Å². The molecule has 1 aromatic heterocycles. The second-order valence-electron chi connectivity index (χ2n) is 5.60. The Morgan fingerprint density at radius 3 is 2.90 bits per heavy atom. The van der Waals surface area contributed by atoms with E-state index in [1.807, 2.05) is 0 Å². The molecular formula is C14H25N5O2. The standard InChI is InChI=1S/C14H25N5O2/c1-11(19-10-16-9-18-19)14(20)17-7-2-8-21-13-5-3-12(15)4-6-13/h9-13H,2-8,15H2,1H3,(H,17,20). The van der Waals surface area contributed by atoms with Crippen molar-refractivity contribution >= 4 is 5.91 Å². The van der Waals surface area contributed by atoms with Gasteiger partial charge in [-0.15, -0.1) is 0 Å². The summed E-state index contributed by atoms with van der Waals surface area (Å²) in [7, 11) is 0. The highest BCUT2D eigenvalue weighted by Gasteiger charge is 2.18. The largest absolute Gasteiger partial charge is 0.378 e. The van der Waals surface area contributed by atoms with Gasteiger partial charge in [0, 0.05) is 19.2 Å². The molecule has 1 heterocycles. The fraction of sp³-hybridized carbons (Fsp3) is 0.786. The lowest BCUT2D eigenvalue weighted by Gasteiger charge is -2.26. The van der Waals surface area contributed by atoms with Crippen LogP contribution in [0.1, 0.15) is 45.1 Å². The molecule has 21 heavy (non-hydrogen) atoms.